The SMILES string of the molecule is CCCCC[C@H](N)C(=O)OCCOCCOCCOCCn1nnc2c1-c1ccccc1CN(C(=O)CCCC(=O)CCOCCOCCOCCOCCCC(=O)[C@H]1C3C[C@@H](O[C@@H]4O[C@H](C)[C@@H](O)C(N)[C@@H]4O)/C=C/C=C/C=C/C=C/C=C/C=C/C=C/[C@H](C)[C@@H](O)[C@@H](C)[C@H](C)OC(=O)C[C@H](O)C[C@H](O)CC[C@@H](O)[C@H](O)C[C@H](O)C[C@](O)(C[C@@H]1O)O3)c1ccccc1-2. The predicted octanol–water partition coefficient (Wildman–Crippen LogP) is 6.15. The molecule has 126 heavy (non-hydrogen) atoms. The van der Waals surface area contributed by atoms with E-state index in [1.54, 1.807) is 80.4 Å². The van der Waals surface area contributed by atoms with Crippen LogP contribution in [0.1, 0.15) is 156 Å². The van der Waals surface area contributed by atoms with Crippen molar-refractivity contribution < 1.29 is 132 Å². The summed E-state index contributed by atoms with van der Waals surface area (Å²) in [6.07, 6.45) is 8.29. The highest BCUT2D eigenvalue weighted by Crippen LogP contribution is 2.43. The number of ketones is 2. The van der Waals surface area contributed by atoms with Gasteiger partial charge in [-0.05, 0) is 64.0 Å². The summed E-state index contributed by atoms with van der Waals surface area (Å²) < 4.78 is 71.1. The highest BCUT2D eigenvalue weighted by Gasteiger charge is 2.51. The smallest absolute Gasteiger partial charge is 0.322 e. The van der Waals surface area contributed by atoms with Crippen LogP contribution in [0, 0.1) is 17.8 Å². The molecule has 1 amide bonds. The van der Waals surface area contributed by atoms with Crippen LogP contribution in [0.25, 0.3) is 22.5 Å². The lowest BCUT2D eigenvalue weighted by Crippen LogP contribution is -2.61. The van der Waals surface area contributed by atoms with E-state index in [1.807, 2.05) is 90.5 Å². The van der Waals surface area contributed by atoms with E-state index >= 15 is 0 Å². The molecule has 1 aromatic heterocycles. The number of para-hydroxylation sites is 1. The van der Waals surface area contributed by atoms with E-state index in [0.717, 1.165) is 41.6 Å². The molecule has 5 heterocycles. The Balaban J connectivity index is 0.827. The monoisotopic (exact) mass is 1770 g/mol. The second-order valence-corrected chi connectivity index (χ2v) is 32.7. The van der Waals surface area contributed by atoms with Crippen LogP contribution >= 0.6 is 0 Å². The fraction of sp³-hybridized carbons (Fsp3) is 0.645. The molecule has 2 unspecified atom stereocenters. The largest absolute Gasteiger partial charge is 0.462 e. The number of hydrogen-bond donors (Lipinski definition) is 12. The normalized spacial score (nSPS) is 29.7. The zero-order valence-corrected chi connectivity index (χ0v) is 73.8. The number of carbonyl (C=O) groups excluding carboxylic acids is 5. The van der Waals surface area contributed by atoms with Crippen molar-refractivity contribution in [2.45, 2.75) is 267 Å². The van der Waals surface area contributed by atoms with E-state index in [1.165, 1.54) is 0 Å². The minimum absolute atomic E-state index is 0.0338. The summed E-state index contributed by atoms with van der Waals surface area (Å²) in [4.78, 5) is 68.3. The molecule has 20 atom stereocenters. The van der Waals surface area contributed by atoms with E-state index in [9.17, 15) is 75.0 Å². The van der Waals surface area contributed by atoms with Crippen molar-refractivity contribution >= 4 is 35.1 Å². The molecule has 2 saturated heterocycles. The van der Waals surface area contributed by atoms with Gasteiger partial charge in [-0.3, -0.25) is 24.0 Å². The Hall–Kier alpha value is -7.37. The lowest BCUT2D eigenvalue weighted by atomic mass is 9.79. The number of benzene rings is 2. The number of cyclic esters (lactones) is 1. The summed E-state index contributed by atoms with van der Waals surface area (Å²) >= 11 is 0. The molecule has 7 rings (SSSR count). The van der Waals surface area contributed by atoms with Crippen molar-refractivity contribution in [1.82, 2.24) is 15.0 Å². The van der Waals surface area contributed by atoms with E-state index in [2.05, 4.69) is 17.2 Å². The second kappa shape index (κ2) is 58.3. The molecule has 704 valence electrons. The number of esters is 2. The molecule has 2 fully saturated rings. The van der Waals surface area contributed by atoms with Gasteiger partial charge in [-0.15, -0.1) is 5.10 Å². The van der Waals surface area contributed by atoms with Crippen LogP contribution < -0.4 is 16.4 Å². The number of amides is 1. The molecule has 33 nitrogen and oxygen atoms in total. The van der Waals surface area contributed by atoms with Gasteiger partial charge >= 0.3 is 11.9 Å². The summed E-state index contributed by atoms with van der Waals surface area (Å²) in [5, 5.41) is 121. The van der Waals surface area contributed by atoms with E-state index < -0.39 is 159 Å². The van der Waals surface area contributed by atoms with Gasteiger partial charge in [0.2, 0.25) is 5.91 Å². The van der Waals surface area contributed by atoms with Crippen molar-refractivity contribution in [2.75, 3.05) is 104 Å². The van der Waals surface area contributed by atoms with Crippen LogP contribution in [0.4, 0.5) is 5.69 Å². The van der Waals surface area contributed by atoms with Gasteiger partial charge in [0.1, 0.15) is 42.1 Å². The first kappa shape index (κ1) is 106. The van der Waals surface area contributed by atoms with Crippen molar-refractivity contribution in [1.29, 1.82) is 0 Å². The number of rotatable bonds is 40. The predicted molar refractivity (Wildman–Crippen MR) is 468 cm³/mol. The molecule has 4 aliphatic rings. The Kier molecular flexibility index (Phi) is 48.9. The average Bonchev–Trinajstić information content (AvgIpc) is 1.55. The molecule has 14 N–H and O–H groups in total. The number of Topliss-reactive ketones (excluding diaryl/α,β-unsaturated/α-hetero) is 2. The summed E-state index contributed by atoms with van der Waals surface area (Å²) in [5.74, 6) is -6.18. The topological polar surface area (TPSA) is 484 Å². The molecule has 3 aromatic rings. The maximum atomic E-state index is 14.4. The molecule has 2 aromatic carbocycles. The lowest BCUT2D eigenvalue weighted by Gasteiger charge is -2.46. The number of carbonyl (C=O) groups is 5. The number of ether oxygens (including phenoxy) is 12. The number of anilines is 1. The summed E-state index contributed by atoms with van der Waals surface area (Å²) in [5.41, 5.74) is 16.8. The van der Waals surface area contributed by atoms with E-state index in [4.69, 9.17) is 68.3 Å². The van der Waals surface area contributed by atoms with Gasteiger partial charge < -0.3 is 124 Å². The molecule has 4 aliphatic heterocycles. The van der Waals surface area contributed by atoms with Gasteiger partial charge in [0.05, 0.1) is 196 Å². The molecule has 0 saturated carbocycles. The van der Waals surface area contributed by atoms with Crippen LogP contribution in [-0.2, 0) is 93.9 Å². The number of aliphatic hydroxyl groups excluding tert-OH is 9. The molecular weight excluding hydrogens is 1630 g/mol. The minimum Gasteiger partial charge on any atom is -0.462 e. The van der Waals surface area contributed by atoms with Crippen LogP contribution in [0.3, 0.4) is 0 Å². The van der Waals surface area contributed by atoms with Gasteiger partial charge in [-0.2, -0.15) is 0 Å². The lowest BCUT2D eigenvalue weighted by molar-refractivity contribution is -0.307. The van der Waals surface area contributed by atoms with Gasteiger partial charge in [-0.1, -0.05) is 173 Å². The van der Waals surface area contributed by atoms with Gasteiger partial charge in [0.15, 0.2) is 12.1 Å². The highest BCUT2D eigenvalue weighted by atomic mass is 16.7. The van der Waals surface area contributed by atoms with Gasteiger partial charge in [0.25, 0.3) is 0 Å². The van der Waals surface area contributed by atoms with Crippen molar-refractivity contribution in [3.05, 3.63) is 139 Å². The third kappa shape index (κ3) is 37.2. The van der Waals surface area contributed by atoms with Crippen molar-refractivity contribution in [3.8, 4) is 22.5 Å². The van der Waals surface area contributed by atoms with Crippen molar-refractivity contribution in [2.24, 2.45) is 29.2 Å². The van der Waals surface area contributed by atoms with Crippen LogP contribution in [0.15, 0.2) is 134 Å². The highest BCUT2D eigenvalue weighted by molar-refractivity contribution is 6.00. The minimum atomic E-state index is -2.33. The number of aromatic nitrogens is 3. The Morgan fingerprint density at radius 1 is 0.571 bits per heavy atom. The fourth-order valence-corrected chi connectivity index (χ4v) is 15.2. The Morgan fingerprint density at radius 3 is 1.81 bits per heavy atom. The first-order valence-corrected chi connectivity index (χ1v) is 44.6. The number of hydrogen-bond acceptors (Lipinski definition) is 31. The molecule has 33 heteroatoms. The fourth-order valence-electron chi connectivity index (χ4n) is 15.2. The number of fused-ring (bicyclic) bond motifs is 7. The van der Waals surface area contributed by atoms with E-state index in [-0.39, 0.29) is 148 Å². The molecule has 0 aliphatic carbocycles. The number of unbranched alkanes of at least 4 members (excludes halogenated alkanes) is 2. The zero-order chi connectivity index (χ0) is 91.2. The summed E-state index contributed by atoms with van der Waals surface area (Å²) in [6, 6.07) is 13.7. The van der Waals surface area contributed by atoms with Gasteiger partial charge in [0, 0.05) is 80.9 Å². The second-order valence-electron chi connectivity index (χ2n) is 32.7. The first-order valence-electron chi connectivity index (χ1n) is 44.6. The molecular formula is C93H140N6O27. The average molecular weight is 1770 g/mol. The van der Waals surface area contributed by atoms with Crippen molar-refractivity contribution in [3.63, 3.8) is 0 Å². The molecule has 0 spiro atoms. The summed E-state index contributed by atoms with van der Waals surface area (Å²) in [7, 11) is 0. The number of allylic oxidation sites excluding steroid dienone is 12. The Labute approximate surface area is 740 Å². The first-order chi connectivity index (χ1) is 60.7. The maximum Gasteiger partial charge on any atom is 0.322 e. The maximum absolute atomic E-state index is 14.4. The summed E-state index contributed by atoms with van der Waals surface area (Å²) in [6.45, 7) is 13.3. The molecule has 2 bridgehead atoms. The number of nitrogens with zero attached hydrogens (tertiary/aromatic N) is 4. The van der Waals surface area contributed by atoms with Crippen LogP contribution in [0.5, 0.6) is 0 Å². The number of aliphatic hydroxyl groups is 10. The van der Waals surface area contributed by atoms with Crippen LogP contribution in [-0.4, -0.2) is 298 Å². The third-order valence-electron chi connectivity index (χ3n) is 22.5. The zero-order valence-electron chi connectivity index (χ0n) is 73.8. The number of nitrogens with two attached hydrogens (primary N) is 2. The standard InChI is InChI=1S/C93H140N6O27/c1-6-7-18-33-75(94)91(113)122-55-54-121-53-52-120-49-46-117-43-40-99-87-73-31-22-21-28-67(73)62-98(76-34-24-23-32-74(76)86(87)96-97-99)82(108)36-25-29-68(100)39-42-116-45-48-119-51-50-118-47-44-115-41-26-35-78(105)84-80(107)61-93(114)60-71(103)57-79(106)77(104)38-37-69(101)56-70(102)58-83(109)123-65(4)64(3)88(110)63(2)27-19-16-14-12-10-8-9-11-13-15-17-20-30-72(59-81(84)126-93)125-92-90(112)85(95)89(111)66(5)124-92/h8-17,19-24,27-28,30-32,34,63-66,69-72,75,77,79-81,84-85,88-90,92,101-104,106-107,110-112,114H,6-7,18,25-26,29,33,35-62,94-95H2,1-5H3/b9-8+,12-10+,13-11+,16-14+,17-15+,27-19+,30-20+/t63-,64-,65-,66+,69+,70+,71-,72-,75-,77+,79+,80-,81?,84+,85?,88+,89+,90-,92-,93+/m0/s1. The Bertz CT molecular complexity index is 3890. The Morgan fingerprint density at radius 2 is 1.16 bits per heavy atom. The molecule has 0 radical (unpaired) electrons. The van der Waals surface area contributed by atoms with Crippen LogP contribution in [0.2, 0.25) is 0 Å². The quantitative estimate of drug-likeness (QED) is 0.0224. The third-order valence-corrected chi connectivity index (χ3v) is 22.5. The van der Waals surface area contributed by atoms with Gasteiger partial charge in [-0.25, -0.2) is 4.68 Å². The van der Waals surface area contributed by atoms with E-state index in [0.29, 0.717) is 63.8 Å².